The highest BCUT2D eigenvalue weighted by molar-refractivity contribution is 14.0. The Kier molecular flexibility index (Phi) is 14.5. The van der Waals surface area contributed by atoms with Crippen molar-refractivity contribution in [2.75, 3.05) is 46.5 Å². The van der Waals surface area contributed by atoms with Gasteiger partial charge in [-0.2, -0.15) is 0 Å². The standard InChI is InChI=1S/C22H42N4O4.HI/c1-5-28-22(27)25-18(14-17(2)3)15-24-21(23-4)26-11-9-19(10-12-26)30-16-20-8-6-7-13-29-20;/h17-20H,5-16H2,1-4H3,(H,23,24)(H,25,27);1H. The van der Waals surface area contributed by atoms with Crippen molar-refractivity contribution < 1.29 is 19.0 Å². The first-order chi connectivity index (χ1) is 14.5. The first-order valence-corrected chi connectivity index (χ1v) is 11.6. The lowest BCUT2D eigenvalue weighted by Gasteiger charge is -2.35. The summed E-state index contributed by atoms with van der Waals surface area (Å²) >= 11 is 0. The van der Waals surface area contributed by atoms with Crippen LogP contribution in [0.25, 0.3) is 0 Å². The molecular formula is C22H43IN4O4. The Hall–Kier alpha value is -0.810. The molecule has 2 heterocycles. The van der Waals surface area contributed by atoms with Gasteiger partial charge in [-0.05, 0) is 51.4 Å². The van der Waals surface area contributed by atoms with Crippen molar-refractivity contribution in [3.63, 3.8) is 0 Å². The number of hydrogen-bond donors (Lipinski definition) is 2. The van der Waals surface area contributed by atoms with Gasteiger partial charge in [0.2, 0.25) is 0 Å². The van der Waals surface area contributed by atoms with Crippen LogP contribution in [-0.4, -0.2) is 81.7 Å². The van der Waals surface area contributed by atoms with Gasteiger partial charge in [0.05, 0.1) is 25.4 Å². The average molecular weight is 555 g/mol. The third-order valence-electron chi connectivity index (χ3n) is 5.61. The van der Waals surface area contributed by atoms with Gasteiger partial charge in [-0.3, -0.25) is 4.99 Å². The minimum Gasteiger partial charge on any atom is -0.450 e. The Bertz CT molecular complexity index is 522. The van der Waals surface area contributed by atoms with E-state index in [0.29, 0.717) is 31.8 Å². The number of amides is 1. The third kappa shape index (κ3) is 11.1. The van der Waals surface area contributed by atoms with Crippen LogP contribution in [0.1, 0.15) is 59.3 Å². The van der Waals surface area contributed by atoms with Crippen molar-refractivity contribution in [1.82, 2.24) is 15.5 Å². The van der Waals surface area contributed by atoms with Crippen LogP contribution >= 0.6 is 24.0 Å². The first kappa shape index (κ1) is 28.2. The average Bonchev–Trinajstić information content (AvgIpc) is 2.74. The molecule has 1 amide bonds. The van der Waals surface area contributed by atoms with Crippen molar-refractivity contribution in [1.29, 1.82) is 0 Å². The van der Waals surface area contributed by atoms with Crippen LogP contribution in [0.5, 0.6) is 0 Å². The van der Waals surface area contributed by atoms with Crippen molar-refractivity contribution in [2.45, 2.75) is 77.5 Å². The first-order valence-electron chi connectivity index (χ1n) is 11.6. The van der Waals surface area contributed by atoms with Crippen LogP contribution in [0.4, 0.5) is 4.79 Å². The van der Waals surface area contributed by atoms with Crippen LogP contribution < -0.4 is 10.6 Å². The zero-order valence-corrected chi connectivity index (χ0v) is 22.1. The zero-order chi connectivity index (χ0) is 21.8. The molecule has 31 heavy (non-hydrogen) atoms. The molecule has 9 heteroatoms. The Morgan fingerprint density at radius 3 is 2.55 bits per heavy atom. The summed E-state index contributed by atoms with van der Waals surface area (Å²) in [6.07, 6.45) is 6.61. The monoisotopic (exact) mass is 554 g/mol. The number of piperidine rings is 1. The second kappa shape index (κ2) is 15.9. The zero-order valence-electron chi connectivity index (χ0n) is 19.7. The minimum atomic E-state index is -0.361. The number of nitrogens with one attached hydrogen (secondary N) is 2. The van der Waals surface area contributed by atoms with E-state index in [1.54, 1.807) is 0 Å². The van der Waals surface area contributed by atoms with Crippen molar-refractivity contribution in [2.24, 2.45) is 10.9 Å². The molecule has 2 rings (SSSR count). The molecule has 0 aromatic heterocycles. The summed E-state index contributed by atoms with van der Waals surface area (Å²) < 4.78 is 16.9. The number of hydrogen-bond acceptors (Lipinski definition) is 5. The van der Waals surface area contributed by atoms with Gasteiger partial charge in [0, 0.05) is 39.3 Å². The quantitative estimate of drug-likeness (QED) is 0.258. The second-order valence-electron chi connectivity index (χ2n) is 8.63. The van der Waals surface area contributed by atoms with Gasteiger partial charge in [0.1, 0.15) is 0 Å². The molecular weight excluding hydrogens is 511 g/mol. The summed E-state index contributed by atoms with van der Waals surface area (Å²) in [6.45, 7) is 10.5. The number of carbonyl (C=O) groups excluding carboxylic acids is 1. The van der Waals surface area contributed by atoms with Crippen molar-refractivity contribution in [3.8, 4) is 0 Å². The molecule has 0 aromatic rings. The molecule has 2 aliphatic rings. The van der Waals surface area contributed by atoms with E-state index in [1.165, 1.54) is 12.8 Å². The lowest BCUT2D eigenvalue weighted by atomic mass is 10.0. The van der Waals surface area contributed by atoms with Crippen LogP contribution in [0.3, 0.4) is 0 Å². The minimum absolute atomic E-state index is 0. The second-order valence-corrected chi connectivity index (χ2v) is 8.63. The number of ether oxygens (including phenoxy) is 3. The van der Waals surface area contributed by atoms with Crippen molar-refractivity contribution >= 4 is 36.0 Å². The van der Waals surface area contributed by atoms with Gasteiger partial charge in [-0.15, -0.1) is 24.0 Å². The molecule has 0 aliphatic carbocycles. The number of carbonyl (C=O) groups is 1. The molecule has 2 saturated heterocycles. The molecule has 0 radical (unpaired) electrons. The fourth-order valence-corrected chi connectivity index (χ4v) is 4.07. The lowest BCUT2D eigenvalue weighted by Crippen LogP contribution is -2.51. The molecule has 8 nitrogen and oxygen atoms in total. The molecule has 182 valence electrons. The molecule has 0 bridgehead atoms. The van der Waals surface area contributed by atoms with Gasteiger partial charge in [-0.1, -0.05) is 13.8 Å². The largest absolute Gasteiger partial charge is 0.450 e. The smallest absolute Gasteiger partial charge is 0.407 e. The Morgan fingerprint density at radius 1 is 1.23 bits per heavy atom. The van der Waals surface area contributed by atoms with E-state index in [9.17, 15) is 4.79 Å². The third-order valence-corrected chi connectivity index (χ3v) is 5.61. The molecule has 2 N–H and O–H groups in total. The van der Waals surface area contributed by atoms with Crippen LogP contribution in [0.2, 0.25) is 0 Å². The number of likely N-dealkylation sites (tertiary alicyclic amines) is 1. The van der Waals surface area contributed by atoms with E-state index in [2.05, 4.69) is 34.4 Å². The summed E-state index contributed by atoms with van der Waals surface area (Å²) in [7, 11) is 1.81. The Balaban J connectivity index is 0.00000480. The molecule has 2 unspecified atom stereocenters. The molecule has 0 spiro atoms. The fourth-order valence-electron chi connectivity index (χ4n) is 4.07. The predicted octanol–water partition coefficient (Wildman–Crippen LogP) is 3.39. The van der Waals surface area contributed by atoms with Gasteiger partial charge in [0.15, 0.2) is 5.96 Å². The van der Waals surface area contributed by atoms with Gasteiger partial charge < -0.3 is 29.7 Å². The van der Waals surface area contributed by atoms with Crippen LogP contribution in [-0.2, 0) is 14.2 Å². The molecule has 0 saturated carbocycles. The Morgan fingerprint density at radius 2 is 1.97 bits per heavy atom. The maximum Gasteiger partial charge on any atom is 0.407 e. The number of alkyl carbamates (subject to hydrolysis) is 1. The number of nitrogens with zero attached hydrogens (tertiary/aromatic N) is 2. The van der Waals surface area contributed by atoms with Gasteiger partial charge in [-0.25, -0.2) is 4.79 Å². The predicted molar refractivity (Wildman–Crippen MR) is 134 cm³/mol. The molecule has 2 atom stereocenters. The SMILES string of the molecule is CCOC(=O)NC(CNC(=NC)N1CCC(OCC2CCCCO2)CC1)CC(C)C.I. The van der Waals surface area contributed by atoms with Crippen LogP contribution in [0, 0.1) is 5.92 Å². The number of aliphatic imine (C=N–C) groups is 1. The van der Waals surface area contributed by atoms with E-state index in [0.717, 1.165) is 51.3 Å². The number of halogens is 1. The number of guanidine groups is 1. The molecule has 2 fully saturated rings. The summed E-state index contributed by atoms with van der Waals surface area (Å²) in [5.41, 5.74) is 0. The molecule has 0 aromatic carbocycles. The maximum atomic E-state index is 11.8. The van der Waals surface area contributed by atoms with E-state index < -0.39 is 0 Å². The fraction of sp³-hybridized carbons (Fsp3) is 0.909. The van der Waals surface area contributed by atoms with Crippen LogP contribution in [0.15, 0.2) is 4.99 Å². The highest BCUT2D eigenvalue weighted by Gasteiger charge is 2.24. The normalized spacial score (nSPS) is 21.4. The Labute approximate surface area is 205 Å². The van der Waals surface area contributed by atoms with E-state index in [1.807, 2.05) is 14.0 Å². The highest BCUT2D eigenvalue weighted by Crippen LogP contribution is 2.18. The topological polar surface area (TPSA) is 84.4 Å². The lowest BCUT2D eigenvalue weighted by molar-refractivity contribution is -0.0721. The summed E-state index contributed by atoms with van der Waals surface area (Å²) in [4.78, 5) is 18.6. The summed E-state index contributed by atoms with van der Waals surface area (Å²) in [6, 6.07) is -0.00262. The van der Waals surface area contributed by atoms with Gasteiger partial charge >= 0.3 is 6.09 Å². The van der Waals surface area contributed by atoms with Gasteiger partial charge in [0.25, 0.3) is 0 Å². The van der Waals surface area contributed by atoms with Crippen molar-refractivity contribution in [3.05, 3.63) is 0 Å². The van der Waals surface area contributed by atoms with E-state index >= 15 is 0 Å². The highest BCUT2D eigenvalue weighted by atomic mass is 127. The maximum absolute atomic E-state index is 11.8. The summed E-state index contributed by atoms with van der Waals surface area (Å²) in [5.74, 6) is 1.35. The molecule has 2 aliphatic heterocycles. The summed E-state index contributed by atoms with van der Waals surface area (Å²) in [5, 5.41) is 6.39. The van der Waals surface area contributed by atoms with E-state index in [4.69, 9.17) is 14.2 Å². The van der Waals surface area contributed by atoms with E-state index in [-0.39, 0.29) is 42.2 Å². The number of rotatable bonds is 9.